The van der Waals surface area contributed by atoms with E-state index in [1.807, 2.05) is 11.3 Å². The molecule has 0 bridgehead atoms. The highest BCUT2D eigenvalue weighted by Crippen LogP contribution is 2.36. The molecule has 1 aliphatic carbocycles. The molecule has 1 unspecified atom stereocenters. The summed E-state index contributed by atoms with van der Waals surface area (Å²) in [5, 5.41) is 2.18. The molecule has 1 atom stereocenters. The number of aryl methyl sites for hydroxylation is 1. The van der Waals surface area contributed by atoms with Gasteiger partial charge in [-0.15, -0.1) is 11.3 Å². The molecule has 1 aromatic rings. The first-order valence-corrected chi connectivity index (χ1v) is 7.15. The predicted molar refractivity (Wildman–Crippen MR) is 70.9 cm³/mol. The van der Waals surface area contributed by atoms with Crippen LogP contribution < -0.4 is 5.73 Å². The van der Waals surface area contributed by atoms with Crippen molar-refractivity contribution in [1.29, 1.82) is 0 Å². The standard InChI is InChI=1S/C13H22N2S/c1-3-7-15(11-4-5-11)12(9-14)13-10(2)6-8-16-13/h6,8,11-12H,3-5,7,9,14H2,1-2H3. The van der Waals surface area contributed by atoms with E-state index in [4.69, 9.17) is 5.73 Å². The summed E-state index contributed by atoms with van der Waals surface area (Å²) in [7, 11) is 0. The topological polar surface area (TPSA) is 29.3 Å². The van der Waals surface area contributed by atoms with Crippen LogP contribution in [0.2, 0.25) is 0 Å². The van der Waals surface area contributed by atoms with Crippen LogP contribution in [-0.4, -0.2) is 24.0 Å². The van der Waals surface area contributed by atoms with E-state index in [1.165, 1.54) is 36.2 Å². The lowest BCUT2D eigenvalue weighted by atomic mass is 10.1. The summed E-state index contributed by atoms with van der Waals surface area (Å²) in [5.41, 5.74) is 7.40. The van der Waals surface area contributed by atoms with Gasteiger partial charge in [-0.3, -0.25) is 4.90 Å². The minimum Gasteiger partial charge on any atom is -0.329 e. The van der Waals surface area contributed by atoms with Crippen LogP contribution in [0, 0.1) is 6.92 Å². The summed E-state index contributed by atoms with van der Waals surface area (Å²) in [6.07, 6.45) is 3.94. The van der Waals surface area contributed by atoms with E-state index in [9.17, 15) is 0 Å². The van der Waals surface area contributed by atoms with Crippen LogP contribution in [0.4, 0.5) is 0 Å². The molecule has 2 rings (SSSR count). The maximum absolute atomic E-state index is 5.99. The zero-order chi connectivity index (χ0) is 11.5. The van der Waals surface area contributed by atoms with Crippen molar-refractivity contribution in [3.63, 3.8) is 0 Å². The van der Waals surface area contributed by atoms with Gasteiger partial charge in [0.2, 0.25) is 0 Å². The summed E-state index contributed by atoms with van der Waals surface area (Å²) in [6, 6.07) is 3.46. The van der Waals surface area contributed by atoms with E-state index in [1.54, 1.807) is 0 Å². The molecule has 0 saturated heterocycles. The minimum absolute atomic E-state index is 0.451. The van der Waals surface area contributed by atoms with Crippen LogP contribution in [0.15, 0.2) is 11.4 Å². The first kappa shape index (κ1) is 12.1. The molecule has 1 aromatic heterocycles. The predicted octanol–water partition coefficient (Wildman–Crippen LogP) is 2.93. The van der Waals surface area contributed by atoms with E-state index in [2.05, 4.69) is 30.2 Å². The largest absolute Gasteiger partial charge is 0.329 e. The summed E-state index contributed by atoms with van der Waals surface area (Å²) in [6.45, 7) is 6.39. The zero-order valence-electron chi connectivity index (χ0n) is 10.3. The van der Waals surface area contributed by atoms with Crippen LogP contribution in [0.5, 0.6) is 0 Å². The summed E-state index contributed by atoms with van der Waals surface area (Å²) < 4.78 is 0. The highest BCUT2D eigenvalue weighted by molar-refractivity contribution is 7.10. The third kappa shape index (κ3) is 2.47. The van der Waals surface area contributed by atoms with Gasteiger partial charge in [0.15, 0.2) is 0 Å². The summed E-state index contributed by atoms with van der Waals surface area (Å²) in [4.78, 5) is 4.10. The minimum atomic E-state index is 0.451. The van der Waals surface area contributed by atoms with E-state index < -0.39 is 0 Å². The van der Waals surface area contributed by atoms with Crippen LogP contribution in [-0.2, 0) is 0 Å². The third-order valence-corrected chi connectivity index (χ3v) is 4.45. The molecule has 1 aliphatic rings. The van der Waals surface area contributed by atoms with Gasteiger partial charge in [0.25, 0.3) is 0 Å². The molecule has 0 spiro atoms. The van der Waals surface area contributed by atoms with Crippen molar-refractivity contribution in [1.82, 2.24) is 4.90 Å². The Hall–Kier alpha value is -0.380. The van der Waals surface area contributed by atoms with Gasteiger partial charge in [-0.1, -0.05) is 6.92 Å². The number of rotatable bonds is 6. The fraction of sp³-hybridized carbons (Fsp3) is 0.692. The second-order valence-corrected chi connectivity index (χ2v) is 5.64. The monoisotopic (exact) mass is 238 g/mol. The number of nitrogens with two attached hydrogens (primary N) is 1. The van der Waals surface area contributed by atoms with Crippen LogP contribution >= 0.6 is 11.3 Å². The normalized spacial score (nSPS) is 18.0. The molecule has 16 heavy (non-hydrogen) atoms. The van der Waals surface area contributed by atoms with Crippen molar-refractivity contribution in [2.45, 2.75) is 45.2 Å². The Morgan fingerprint density at radius 1 is 1.56 bits per heavy atom. The molecule has 3 heteroatoms. The Morgan fingerprint density at radius 2 is 2.31 bits per heavy atom. The molecule has 0 radical (unpaired) electrons. The maximum atomic E-state index is 5.99. The van der Waals surface area contributed by atoms with Gasteiger partial charge in [0.05, 0.1) is 6.04 Å². The Balaban J connectivity index is 2.16. The fourth-order valence-corrected chi connectivity index (χ4v) is 3.44. The van der Waals surface area contributed by atoms with Crippen molar-refractivity contribution >= 4 is 11.3 Å². The Labute approximate surface area is 102 Å². The van der Waals surface area contributed by atoms with E-state index in [0.29, 0.717) is 6.04 Å². The van der Waals surface area contributed by atoms with E-state index >= 15 is 0 Å². The van der Waals surface area contributed by atoms with Gasteiger partial charge in [0, 0.05) is 17.5 Å². The average molecular weight is 238 g/mol. The molecular weight excluding hydrogens is 216 g/mol. The van der Waals surface area contributed by atoms with Crippen LogP contribution in [0.3, 0.4) is 0 Å². The Kier molecular flexibility index (Phi) is 4.00. The molecule has 0 amide bonds. The van der Waals surface area contributed by atoms with Gasteiger partial charge >= 0.3 is 0 Å². The van der Waals surface area contributed by atoms with Gasteiger partial charge < -0.3 is 5.73 Å². The smallest absolute Gasteiger partial charge is 0.0569 e. The average Bonchev–Trinajstić information content (AvgIpc) is 3.03. The second-order valence-electron chi connectivity index (χ2n) is 4.69. The van der Waals surface area contributed by atoms with Crippen LogP contribution in [0.25, 0.3) is 0 Å². The lowest BCUT2D eigenvalue weighted by Crippen LogP contribution is -2.36. The first-order valence-electron chi connectivity index (χ1n) is 6.27. The van der Waals surface area contributed by atoms with Crippen LogP contribution in [0.1, 0.15) is 42.7 Å². The van der Waals surface area contributed by atoms with Crippen molar-refractivity contribution in [3.05, 3.63) is 21.9 Å². The number of hydrogen-bond acceptors (Lipinski definition) is 3. The molecule has 0 aliphatic heterocycles. The Morgan fingerprint density at radius 3 is 2.75 bits per heavy atom. The quantitative estimate of drug-likeness (QED) is 0.825. The molecule has 1 fully saturated rings. The highest BCUT2D eigenvalue weighted by Gasteiger charge is 2.34. The molecule has 1 saturated carbocycles. The van der Waals surface area contributed by atoms with Gasteiger partial charge in [0.1, 0.15) is 0 Å². The van der Waals surface area contributed by atoms with Crippen molar-refractivity contribution in [2.24, 2.45) is 5.73 Å². The number of hydrogen-bond donors (Lipinski definition) is 1. The lowest BCUT2D eigenvalue weighted by Gasteiger charge is -2.30. The molecule has 2 N–H and O–H groups in total. The van der Waals surface area contributed by atoms with Gasteiger partial charge in [-0.05, 0) is 49.7 Å². The summed E-state index contributed by atoms with van der Waals surface area (Å²) in [5.74, 6) is 0. The number of nitrogens with zero attached hydrogens (tertiary/aromatic N) is 1. The zero-order valence-corrected chi connectivity index (χ0v) is 11.1. The fourth-order valence-electron chi connectivity index (χ4n) is 2.38. The molecular formula is C13H22N2S. The summed E-state index contributed by atoms with van der Waals surface area (Å²) >= 11 is 1.86. The highest BCUT2D eigenvalue weighted by atomic mass is 32.1. The Bertz CT molecular complexity index is 330. The number of thiophene rings is 1. The maximum Gasteiger partial charge on any atom is 0.0569 e. The van der Waals surface area contributed by atoms with Crippen molar-refractivity contribution in [3.8, 4) is 0 Å². The molecule has 0 aromatic carbocycles. The third-order valence-electron chi connectivity index (χ3n) is 3.33. The van der Waals surface area contributed by atoms with Gasteiger partial charge in [-0.25, -0.2) is 0 Å². The van der Waals surface area contributed by atoms with Gasteiger partial charge in [-0.2, -0.15) is 0 Å². The second kappa shape index (κ2) is 5.30. The molecule has 90 valence electrons. The van der Waals surface area contributed by atoms with Crippen molar-refractivity contribution in [2.75, 3.05) is 13.1 Å². The SMILES string of the molecule is CCCN(C1CC1)C(CN)c1sccc1C. The first-order chi connectivity index (χ1) is 7.77. The van der Waals surface area contributed by atoms with E-state index in [0.717, 1.165) is 12.6 Å². The lowest BCUT2D eigenvalue weighted by molar-refractivity contribution is 0.194. The molecule has 2 nitrogen and oxygen atoms in total. The van der Waals surface area contributed by atoms with E-state index in [-0.39, 0.29) is 0 Å². The van der Waals surface area contributed by atoms with Crippen molar-refractivity contribution < 1.29 is 0 Å². The molecule has 1 heterocycles.